The summed E-state index contributed by atoms with van der Waals surface area (Å²) in [5.74, 6) is -0.277. The maximum absolute atomic E-state index is 13.0. The minimum atomic E-state index is -3.52. The lowest BCUT2D eigenvalue weighted by atomic mass is 10.1. The molecule has 4 nitrogen and oxygen atoms in total. The number of hydrogen-bond donors (Lipinski definition) is 1. The van der Waals surface area contributed by atoms with E-state index in [1.165, 1.54) is 7.11 Å². The number of methoxy groups -OCH3 is 1. The van der Waals surface area contributed by atoms with E-state index in [1.54, 1.807) is 30.3 Å². The van der Waals surface area contributed by atoms with Crippen molar-refractivity contribution in [3.05, 3.63) is 64.6 Å². The van der Waals surface area contributed by atoms with Gasteiger partial charge in [0.1, 0.15) is 0 Å². The van der Waals surface area contributed by atoms with Crippen molar-refractivity contribution in [2.45, 2.75) is 21.6 Å². The van der Waals surface area contributed by atoms with Crippen LogP contribution >= 0.6 is 15.9 Å². The Morgan fingerprint density at radius 2 is 1.74 bits per heavy atom. The van der Waals surface area contributed by atoms with Gasteiger partial charge >= 0.3 is 0 Å². The second-order valence-corrected chi connectivity index (χ2v) is 8.84. The summed E-state index contributed by atoms with van der Waals surface area (Å²) in [4.78, 5) is 0.301. The summed E-state index contributed by atoms with van der Waals surface area (Å²) in [6.07, 6.45) is 0. The lowest BCUT2D eigenvalue weighted by molar-refractivity contribution is 0.171. The van der Waals surface area contributed by atoms with Gasteiger partial charge in [-0.3, -0.25) is 0 Å². The quantitative estimate of drug-likeness (QED) is 0.844. The van der Waals surface area contributed by atoms with Crippen LogP contribution < -0.4 is 5.73 Å². The molecule has 2 N–H and O–H groups in total. The highest BCUT2D eigenvalue weighted by molar-refractivity contribution is 9.10. The molecule has 0 unspecified atom stereocenters. The van der Waals surface area contributed by atoms with Gasteiger partial charge in [0, 0.05) is 17.5 Å². The highest BCUT2D eigenvalue weighted by Gasteiger charge is 2.69. The molecule has 2 aromatic carbocycles. The van der Waals surface area contributed by atoms with Crippen LogP contribution in [-0.2, 0) is 14.6 Å². The standard InChI is InChI=1S/C17H18BrNO3S/c1-22-11-17(19)15(12-7-9-13(18)10-8-12)16(17)23(20,21)14-5-3-2-4-6-14/h2-10,15-16H,11,19H2,1H3/t15-,16+,17-/m1/s1. The molecule has 1 fully saturated rings. The Balaban J connectivity index is 2.01. The fourth-order valence-corrected chi connectivity index (χ4v) is 5.80. The molecule has 0 aromatic heterocycles. The van der Waals surface area contributed by atoms with E-state index in [9.17, 15) is 8.42 Å². The lowest BCUT2D eigenvalue weighted by Crippen LogP contribution is -2.35. The zero-order valence-corrected chi connectivity index (χ0v) is 15.0. The molecule has 0 bridgehead atoms. The fraction of sp³-hybridized carbons (Fsp3) is 0.294. The van der Waals surface area contributed by atoms with Crippen molar-refractivity contribution in [3.8, 4) is 0 Å². The van der Waals surface area contributed by atoms with Crippen LogP contribution in [0.1, 0.15) is 11.5 Å². The van der Waals surface area contributed by atoms with E-state index in [-0.39, 0.29) is 12.5 Å². The SMILES string of the molecule is COC[C@@]1(N)[C@H](c2ccc(Br)cc2)[C@@H]1S(=O)(=O)c1ccccc1. The Labute approximate surface area is 144 Å². The third kappa shape index (κ3) is 2.85. The first-order valence-corrected chi connectivity index (χ1v) is 9.57. The number of sulfone groups is 1. The average Bonchev–Trinajstić information content (AvgIpc) is 3.15. The molecule has 122 valence electrons. The number of nitrogens with two attached hydrogens (primary N) is 1. The molecule has 23 heavy (non-hydrogen) atoms. The van der Waals surface area contributed by atoms with Gasteiger partial charge in [-0.05, 0) is 29.8 Å². The molecule has 0 spiro atoms. The second-order valence-electron chi connectivity index (χ2n) is 5.85. The molecule has 3 atom stereocenters. The normalized spacial score (nSPS) is 26.9. The Hall–Kier alpha value is -1.21. The van der Waals surface area contributed by atoms with E-state index < -0.39 is 20.6 Å². The van der Waals surface area contributed by atoms with E-state index in [4.69, 9.17) is 10.5 Å². The highest BCUT2D eigenvalue weighted by Crippen LogP contribution is 2.55. The van der Waals surface area contributed by atoms with E-state index >= 15 is 0 Å². The third-order valence-corrected chi connectivity index (χ3v) is 7.17. The Kier molecular flexibility index (Phi) is 4.35. The zero-order valence-electron chi connectivity index (χ0n) is 12.6. The van der Waals surface area contributed by atoms with Crippen LogP contribution in [0.2, 0.25) is 0 Å². The van der Waals surface area contributed by atoms with Crippen molar-refractivity contribution in [1.82, 2.24) is 0 Å². The second kappa shape index (κ2) is 6.02. The molecule has 0 radical (unpaired) electrons. The molecule has 1 aliphatic rings. The first-order valence-electron chi connectivity index (χ1n) is 7.23. The van der Waals surface area contributed by atoms with Gasteiger partial charge in [-0.15, -0.1) is 0 Å². The van der Waals surface area contributed by atoms with Crippen LogP contribution in [0.4, 0.5) is 0 Å². The summed E-state index contributed by atoms with van der Waals surface area (Å²) in [6, 6.07) is 16.1. The molecule has 1 aliphatic carbocycles. The Morgan fingerprint density at radius 1 is 1.13 bits per heavy atom. The summed E-state index contributed by atoms with van der Waals surface area (Å²) in [7, 11) is -1.98. The zero-order chi connectivity index (χ0) is 16.7. The molecule has 0 aliphatic heterocycles. The molecule has 0 saturated heterocycles. The third-order valence-electron chi connectivity index (χ3n) is 4.33. The van der Waals surface area contributed by atoms with Crippen molar-refractivity contribution in [3.63, 3.8) is 0 Å². The molecular weight excluding hydrogens is 378 g/mol. The average molecular weight is 396 g/mol. The van der Waals surface area contributed by atoms with E-state index in [1.807, 2.05) is 24.3 Å². The van der Waals surface area contributed by atoms with Gasteiger partial charge in [-0.1, -0.05) is 46.3 Å². The smallest absolute Gasteiger partial charge is 0.183 e. The van der Waals surface area contributed by atoms with Crippen molar-refractivity contribution >= 4 is 25.8 Å². The molecule has 0 amide bonds. The number of halogens is 1. The first-order chi connectivity index (χ1) is 10.9. The summed E-state index contributed by atoms with van der Waals surface area (Å²) >= 11 is 3.39. The van der Waals surface area contributed by atoms with Gasteiger partial charge in [0.2, 0.25) is 0 Å². The van der Waals surface area contributed by atoms with Crippen LogP contribution in [0.25, 0.3) is 0 Å². The summed E-state index contributed by atoms with van der Waals surface area (Å²) in [6.45, 7) is 0.199. The molecule has 3 rings (SSSR count). The molecule has 2 aromatic rings. The fourth-order valence-electron chi connectivity index (χ4n) is 3.22. The van der Waals surface area contributed by atoms with Crippen molar-refractivity contribution in [2.24, 2.45) is 5.73 Å². The van der Waals surface area contributed by atoms with E-state index in [0.29, 0.717) is 4.90 Å². The van der Waals surface area contributed by atoms with Crippen molar-refractivity contribution < 1.29 is 13.2 Å². The molecule has 1 saturated carbocycles. The van der Waals surface area contributed by atoms with Crippen LogP contribution in [0.15, 0.2) is 64.0 Å². The van der Waals surface area contributed by atoms with Gasteiger partial charge in [0.05, 0.1) is 22.3 Å². The lowest BCUT2D eigenvalue weighted by Gasteiger charge is -2.11. The maximum atomic E-state index is 13.0. The Bertz CT molecular complexity index is 792. The predicted octanol–water partition coefficient (Wildman–Crippen LogP) is 2.73. The van der Waals surface area contributed by atoms with Crippen LogP contribution in [0.3, 0.4) is 0 Å². The topological polar surface area (TPSA) is 69.4 Å². The van der Waals surface area contributed by atoms with E-state index in [0.717, 1.165) is 10.0 Å². The number of benzene rings is 2. The largest absolute Gasteiger partial charge is 0.383 e. The van der Waals surface area contributed by atoms with Gasteiger partial charge < -0.3 is 10.5 Å². The summed E-state index contributed by atoms with van der Waals surface area (Å²) < 4.78 is 32.1. The Morgan fingerprint density at radius 3 is 2.30 bits per heavy atom. The minimum absolute atomic E-state index is 0.199. The minimum Gasteiger partial charge on any atom is -0.383 e. The molecule has 6 heteroatoms. The van der Waals surface area contributed by atoms with E-state index in [2.05, 4.69) is 15.9 Å². The van der Waals surface area contributed by atoms with Crippen molar-refractivity contribution in [1.29, 1.82) is 0 Å². The van der Waals surface area contributed by atoms with Crippen molar-refractivity contribution in [2.75, 3.05) is 13.7 Å². The highest BCUT2D eigenvalue weighted by atomic mass is 79.9. The van der Waals surface area contributed by atoms with Gasteiger partial charge in [-0.2, -0.15) is 0 Å². The number of ether oxygens (including phenoxy) is 1. The number of rotatable bonds is 5. The summed E-state index contributed by atoms with van der Waals surface area (Å²) in [5.41, 5.74) is 6.43. The van der Waals surface area contributed by atoms with Gasteiger partial charge in [0.15, 0.2) is 9.84 Å². The predicted molar refractivity (Wildman–Crippen MR) is 93.1 cm³/mol. The van der Waals surface area contributed by atoms with Crippen LogP contribution in [0, 0.1) is 0 Å². The molecular formula is C17H18BrNO3S. The molecule has 0 heterocycles. The van der Waals surface area contributed by atoms with Crippen LogP contribution in [-0.4, -0.2) is 32.9 Å². The van der Waals surface area contributed by atoms with Gasteiger partial charge in [-0.25, -0.2) is 8.42 Å². The monoisotopic (exact) mass is 395 g/mol. The maximum Gasteiger partial charge on any atom is 0.183 e. The van der Waals surface area contributed by atoms with Crippen LogP contribution in [0.5, 0.6) is 0 Å². The van der Waals surface area contributed by atoms with Gasteiger partial charge in [0.25, 0.3) is 0 Å². The number of hydrogen-bond acceptors (Lipinski definition) is 4. The first kappa shape index (κ1) is 16.6. The summed E-state index contributed by atoms with van der Waals surface area (Å²) in [5, 5.41) is -0.682.